The first-order chi connectivity index (χ1) is 10.8. The van der Waals surface area contributed by atoms with E-state index in [1.165, 1.54) is 12.1 Å². The molecule has 0 radical (unpaired) electrons. The van der Waals surface area contributed by atoms with Crippen LogP contribution in [-0.2, 0) is 10.8 Å². The van der Waals surface area contributed by atoms with Crippen molar-refractivity contribution in [2.75, 3.05) is 0 Å². The molecule has 0 bridgehead atoms. The molecule has 0 atom stereocenters. The van der Waals surface area contributed by atoms with Gasteiger partial charge in [0, 0.05) is 5.56 Å². The highest BCUT2D eigenvalue weighted by atomic mass is 19.4. The van der Waals surface area contributed by atoms with Crippen molar-refractivity contribution in [2.45, 2.75) is 75.3 Å². The molecule has 0 heterocycles. The Labute approximate surface area is 137 Å². The largest absolute Gasteiger partial charge is 0.508 e. The third kappa shape index (κ3) is 2.49. The molecule has 0 spiro atoms. The number of alkyl halides is 5. The van der Waals surface area contributed by atoms with Gasteiger partial charge < -0.3 is 5.11 Å². The van der Waals surface area contributed by atoms with Crippen molar-refractivity contribution in [1.82, 2.24) is 0 Å². The van der Waals surface area contributed by atoms with Crippen LogP contribution in [0.2, 0.25) is 0 Å². The average molecular weight is 348 g/mol. The number of phenols is 1. The highest BCUT2D eigenvalue weighted by Gasteiger charge is 2.75. The van der Waals surface area contributed by atoms with E-state index in [9.17, 15) is 27.1 Å². The van der Waals surface area contributed by atoms with Gasteiger partial charge in [-0.2, -0.15) is 22.0 Å². The molecule has 24 heavy (non-hydrogen) atoms. The van der Waals surface area contributed by atoms with E-state index in [1.807, 2.05) is 20.8 Å². The topological polar surface area (TPSA) is 20.2 Å². The molecular weight excluding hydrogens is 327 g/mol. The summed E-state index contributed by atoms with van der Waals surface area (Å²) in [5.74, 6) is -5.03. The molecule has 2 aliphatic carbocycles. The van der Waals surface area contributed by atoms with Gasteiger partial charge in [0.15, 0.2) is 0 Å². The first-order valence-corrected chi connectivity index (χ1v) is 8.14. The number of hydrogen-bond donors (Lipinski definition) is 1. The molecule has 6 heteroatoms. The zero-order valence-corrected chi connectivity index (χ0v) is 13.9. The third-order valence-electron chi connectivity index (χ3n) is 5.22. The summed E-state index contributed by atoms with van der Waals surface area (Å²) in [4.78, 5) is 0. The summed E-state index contributed by atoms with van der Waals surface area (Å²) in [5.41, 5.74) is -1.38. The highest BCUT2D eigenvalue weighted by molar-refractivity contribution is 5.53. The Bertz CT molecular complexity index is 661. The van der Waals surface area contributed by atoms with Crippen LogP contribution in [0, 0.1) is 0 Å². The molecule has 0 aromatic heterocycles. The van der Waals surface area contributed by atoms with Crippen LogP contribution in [0.3, 0.4) is 0 Å². The molecule has 134 valence electrons. The monoisotopic (exact) mass is 348 g/mol. The Balaban J connectivity index is 2.16. The lowest BCUT2D eigenvalue weighted by Gasteiger charge is -2.32. The van der Waals surface area contributed by atoms with Gasteiger partial charge in [0.05, 0.1) is 5.41 Å². The number of rotatable bonds is 3. The molecule has 2 saturated carbocycles. The smallest absolute Gasteiger partial charge is 0.454 e. The molecule has 0 unspecified atom stereocenters. The fourth-order valence-electron chi connectivity index (χ4n) is 3.52. The van der Waals surface area contributed by atoms with Gasteiger partial charge in [0.25, 0.3) is 0 Å². The van der Waals surface area contributed by atoms with E-state index in [0.29, 0.717) is 0 Å². The van der Waals surface area contributed by atoms with Crippen LogP contribution in [0.25, 0.3) is 0 Å². The molecule has 3 rings (SSSR count). The fraction of sp³-hybridized carbons (Fsp3) is 0.667. The van der Waals surface area contributed by atoms with Gasteiger partial charge in [-0.15, -0.1) is 0 Å². The standard InChI is InChI=1S/C18H21F5O/c1-15(2,3)12-9-13(14(24)8-11(12)10-4-5-10)16(6-7-16)17(19,20)18(21,22)23/h8-10,24H,4-7H2,1-3H3. The van der Waals surface area contributed by atoms with Crippen molar-refractivity contribution in [3.05, 3.63) is 28.8 Å². The van der Waals surface area contributed by atoms with Crippen LogP contribution in [0.5, 0.6) is 5.75 Å². The highest BCUT2D eigenvalue weighted by Crippen LogP contribution is 2.65. The Morgan fingerprint density at radius 1 is 1.00 bits per heavy atom. The van der Waals surface area contributed by atoms with Crippen molar-refractivity contribution in [3.8, 4) is 5.75 Å². The van der Waals surface area contributed by atoms with Gasteiger partial charge in [-0.05, 0) is 54.2 Å². The van der Waals surface area contributed by atoms with Gasteiger partial charge in [-0.25, -0.2) is 0 Å². The van der Waals surface area contributed by atoms with E-state index in [4.69, 9.17) is 0 Å². The Morgan fingerprint density at radius 3 is 1.92 bits per heavy atom. The molecule has 1 N–H and O–H groups in total. The fourth-order valence-corrected chi connectivity index (χ4v) is 3.52. The molecular formula is C18H21F5O. The summed E-state index contributed by atoms with van der Waals surface area (Å²) in [5, 5.41) is 10.3. The summed E-state index contributed by atoms with van der Waals surface area (Å²) < 4.78 is 66.9. The van der Waals surface area contributed by atoms with Crippen LogP contribution >= 0.6 is 0 Å². The number of phenolic OH excluding ortho intramolecular Hbond substituents is 1. The van der Waals surface area contributed by atoms with E-state index in [-0.39, 0.29) is 24.3 Å². The van der Waals surface area contributed by atoms with E-state index in [2.05, 4.69) is 0 Å². The molecule has 0 aliphatic heterocycles. The number of aromatic hydroxyl groups is 1. The van der Waals surface area contributed by atoms with Crippen LogP contribution in [-0.4, -0.2) is 17.2 Å². The second-order valence-electron chi connectivity index (χ2n) is 8.14. The van der Waals surface area contributed by atoms with Gasteiger partial charge in [-0.3, -0.25) is 0 Å². The number of halogens is 5. The van der Waals surface area contributed by atoms with Gasteiger partial charge in [0.2, 0.25) is 0 Å². The van der Waals surface area contributed by atoms with Crippen molar-refractivity contribution in [1.29, 1.82) is 0 Å². The number of benzene rings is 1. The summed E-state index contributed by atoms with van der Waals surface area (Å²) in [7, 11) is 0. The van der Waals surface area contributed by atoms with Gasteiger partial charge >= 0.3 is 12.1 Å². The zero-order valence-electron chi connectivity index (χ0n) is 13.9. The Hall–Kier alpha value is -1.33. The lowest BCUT2D eigenvalue weighted by molar-refractivity contribution is -0.296. The normalized spacial score (nSPS) is 21.0. The molecule has 1 nitrogen and oxygen atoms in total. The van der Waals surface area contributed by atoms with Crippen LogP contribution in [0.1, 0.15) is 69.1 Å². The minimum Gasteiger partial charge on any atom is -0.508 e. The molecule has 0 amide bonds. The second-order valence-corrected chi connectivity index (χ2v) is 8.14. The van der Waals surface area contributed by atoms with Crippen molar-refractivity contribution < 1.29 is 27.1 Å². The summed E-state index contributed by atoms with van der Waals surface area (Å²) >= 11 is 0. The second kappa shape index (κ2) is 4.85. The van der Waals surface area contributed by atoms with E-state index >= 15 is 0 Å². The summed E-state index contributed by atoms with van der Waals surface area (Å²) in [6.45, 7) is 5.70. The van der Waals surface area contributed by atoms with Crippen LogP contribution in [0.4, 0.5) is 22.0 Å². The van der Waals surface area contributed by atoms with Crippen molar-refractivity contribution in [2.24, 2.45) is 0 Å². The molecule has 2 fully saturated rings. The van der Waals surface area contributed by atoms with Gasteiger partial charge in [0.1, 0.15) is 5.75 Å². The predicted molar refractivity (Wildman–Crippen MR) is 80.7 cm³/mol. The Kier molecular flexibility index (Phi) is 3.54. The lowest BCUT2D eigenvalue weighted by atomic mass is 9.78. The molecule has 1 aromatic rings. The molecule has 2 aliphatic rings. The van der Waals surface area contributed by atoms with E-state index < -0.39 is 28.7 Å². The number of hydrogen-bond acceptors (Lipinski definition) is 1. The first-order valence-electron chi connectivity index (χ1n) is 8.14. The molecule has 0 saturated heterocycles. The maximum atomic E-state index is 14.1. The summed E-state index contributed by atoms with van der Waals surface area (Å²) in [6, 6.07) is 2.82. The third-order valence-corrected chi connectivity index (χ3v) is 5.22. The quantitative estimate of drug-likeness (QED) is 0.685. The van der Waals surface area contributed by atoms with Gasteiger partial charge in [-0.1, -0.05) is 26.8 Å². The summed E-state index contributed by atoms with van der Waals surface area (Å²) in [6.07, 6.45) is -4.29. The Morgan fingerprint density at radius 2 is 1.54 bits per heavy atom. The van der Waals surface area contributed by atoms with Crippen molar-refractivity contribution in [3.63, 3.8) is 0 Å². The SMILES string of the molecule is CC(C)(C)c1cc(C2(C(F)(F)C(F)(F)F)CC2)c(O)cc1C1CC1. The minimum absolute atomic E-state index is 0.262. The maximum absolute atomic E-state index is 14.1. The van der Waals surface area contributed by atoms with Crippen LogP contribution < -0.4 is 0 Å². The predicted octanol–water partition coefficient (Wildman–Crippen LogP) is 5.80. The average Bonchev–Trinajstić information content (AvgIpc) is 3.29. The molecule has 1 aromatic carbocycles. The minimum atomic E-state index is -5.63. The first kappa shape index (κ1) is 17.5. The zero-order chi connectivity index (χ0) is 18.1. The lowest BCUT2D eigenvalue weighted by Crippen LogP contribution is -2.47. The van der Waals surface area contributed by atoms with E-state index in [1.54, 1.807) is 0 Å². The van der Waals surface area contributed by atoms with E-state index in [0.717, 1.165) is 24.0 Å². The van der Waals surface area contributed by atoms with Crippen molar-refractivity contribution >= 4 is 0 Å². The van der Waals surface area contributed by atoms with Crippen LogP contribution in [0.15, 0.2) is 12.1 Å². The maximum Gasteiger partial charge on any atom is 0.454 e.